The van der Waals surface area contributed by atoms with Gasteiger partial charge in [-0.15, -0.1) is 0 Å². The topological polar surface area (TPSA) is 43.9 Å². The molecule has 29 heavy (non-hydrogen) atoms. The zero-order chi connectivity index (χ0) is 20.7. The molecule has 2 aromatic carbocycles. The predicted molar refractivity (Wildman–Crippen MR) is 113 cm³/mol. The molecule has 0 saturated carbocycles. The van der Waals surface area contributed by atoms with Crippen LogP contribution < -0.4 is 9.80 Å². The van der Waals surface area contributed by atoms with Gasteiger partial charge in [0, 0.05) is 31.9 Å². The molecule has 0 aliphatic carbocycles. The van der Waals surface area contributed by atoms with Gasteiger partial charge >= 0.3 is 0 Å². The molecule has 0 bridgehead atoms. The van der Waals surface area contributed by atoms with E-state index in [4.69, 9.17) is 34.8 Å². The fourth-order valence-corrected chi connectivity index (χ4v) is 4.24. The van der Waals surface area contributed by atoms with Crippen molar-refractivity contribution in [3.63, 3.8) is 0 Å². The van der Waals surface area contributed by atoms with E-state index < -0.39 is 11.9 Å². The highest BCUT2D eigenvalue weighted by atomic mass is 35.5. The second-order valence-corrected chi connectivity index (χ2v) is 8.23. The second kappa shape index (κ2) is 8.11. The highest BCUT2D eigenvalue weighted by molar-refractivity contribution is 6.42. The van der Waals surface area contributed by atoms with Crippen molar-refractivity contribution in [3.05, 3.63) is 57.3 Å². The first kappa shape index (κ1) is 20.4. The van der Waals surface area contributed by atoms with Crippen molar-refractivity contribution >= 4 is 58.0 Å². The van der Waals surface area contributed by atoms with Crippen LogP contribution >= 0.6 is 34.8 Å². The van der Waals surface area contributed by atoms with Gasteiger partial charge in [0.25, 0.3) is 5.91 Å². The Morgan fingerprint density at radius 2 is 1.48 bits per heavy atom. The van der Waals surface area contributed by atoms with E-state index in [9.17, 15) is 14.0 Å². The SMILES string of the molecule is O=C1C[C@@H](N2CCN(c3ccc(Cl)c(Cl)c3)CC2)C(=O)N1c1ccc(F)c(Cl)c1. The van der Waals surface area contributed by atoms with E-state index in [-0.39, 0.29) is 23.3 Å². The lowest BCUT2D eigenvalue weighted by Crippen LogP contribution is -2.52. The first-order valence-corrected chi connectivity index (χ1v) is 10.2. The number of anilines is 2. The lowest BCUT2D eigenvalue weighted by Gasteiger charge is -2.38. The summed E-state index contributed by atoms with van der Waals surface area (Å²) >= 11 is 17.9. The number of carbonyl (C=O) groups excluding carboxylic acids is 2. The Kier molecular flexibility index (Phi) is 5.71. The molecule has 2 amide bonds. The second-order valence-electron chi connectivity index (χ2n) is 7.01. The standard InChI is InChI=1S/C20H17Cl3FN3O2/c21-14-3-1-12(9-15(14)22)25-5-7-26(8-6-25)18-11-19(28)27(20(18)29)13-2-4-17(24)16(23)10-13/h1-4,9-10,18H,5-8,11H2/t18-/m1/s1. The first-order chi connectivity index (χ1) is 13.8. The van der Waals surface area contributed by atoms with Crippen molar-refractivity contribution in [3.8, 4) is 0 Å². The summed E-state index contributed by atoms with van der Waals surface area (Å²) < 4.78 is 13.4. The molecule has 0 spiro atoms. The minimum atomic E-state index is -0.593. The zero-order valence-electron chi connectivity index (χ0n) is 15.2. The molecule has 2 aliphatic rings. The summed E-state index contributed by atoms with van der Waals surface area (Å²) in [6.07, 6.45) is 0.0978. The Bertz CT molecular complexity index is 979. The number of amides is 2. The molecule has 0 unspecified atom stereocenters. The van der Waals surface area contributed by atoms with Crippen LogP contribution in [-0.2, 0) is 9.59 Å². The number of hydrogen-bond donors (Lipinski definition) is 0. The van der Waals surface area contributed by atoms with Crippen molar-refractivity contribution in [2.45, 2.75) is 12.5 Å². The van der Waals surface area contributed by atoms with Crippen LogP contribution in [0, 0.1) is 5.82 Å². The highest BCUT2D eigenvalue weighted by Gasteiger charge is 2.43. The van der Waals surface area contributed by atoms with Crippen LogP contribution in [0.1, 0.15) is 6.42 Å². The van der Waals surface area contributed by atoms with Crippen molar-refractivity contribution in [1.82, 2.24) is 4.90 Å². The molecule has 0 N–H and O–H groups in total. The molecule has 2 aromatic rings. The van der Waals surface area contributed by atoms with Gasteiger partial charge in [-0.2, -0.15) is 0 Å². The van der Waals surface area contributed by atoms with E-state index in [1.54, 1.807) is 6.07 Å². The maximum absolute atomic E-state index is 13.4. The van der Waals surface area contributed by atoms with Crippen molar-refractivity contribution in [2.75, 3.05) is 36.0 Å². The van der Waals surface area contributed by atoms with E-state index in [0.29, 0.717) is 41.9 Å². The Labute approximate surface area is 182 Å². The molecule has 5 nitrogen and oxygen atoms in total. The Balaban J connectivity index is 1.45. The van der Waals surface area contributed by atoms with E-state index in [0.717, 1.165) is 16.7 Å². The molecular formula is C20H17Cl3FN3O2. The van der Waals surface area contributed by atoms with Gasteiger partial charge in [0.05, 0.1) is 33.2 Å². The number of hydrogen-bond acceptors (Lipinski definition) is 4. The van der Waals surface area contributed by atoms with Gasteiger partial charge in [-0.05, 0) is 36.4 Å². The first-order valence-electron chi connectivity index (χ1n) is 9.11. The van der Waals surface area contributed by atoms with Crippen molar-refractivity contribution < 1.29 is 14.0 Å². The molecule has 2 heterocycles. The van der Waals surface area contributed by atoms with E-state index in [1.807, 2.05) is 17.0 Å². The highest BCUT2D eigenvalue weighted by Crippen LogP contribution is 2.31. The number of rotatable bonds is 3. The third kappa shape index (κ3) is 3.94. The molecule has 0 radical (unpaired) electrons. The van der Waals surface area contributed by atoms with Crippen LogP contribution in [0.15, 0.2) is 36.4 Å². The summed E-state index contributed by atoms with van der Waals surface area (Å²) in [6, 6.07) is 8.82. The van der Waals surface area contributed by atoms with Crippen LogP contribution in [0.5, 0.6) is 0 Å². The summed E-state index contributed by atoms with van der Waals surface area (Å²) in [5, 5.41) is 0.878. The van der Waals surface area contributed by atoms with Gasteiger partial charge in [0.15, 0.2) is 0 Å². The minimum Gasteiger partial charge on any atom is -0.369 e. The van der Waals surface area contributed by atoms with Gasteiger partial charge in [-0.3, -0.25) is 14.5 Å². The van der Waals surface area contributed by atoms with E-state index >= 15 is 0 Å². The van der Waals surface area contributed by atoms with Crippen LogP contribution in [0.4, 0.5) is 15.8 Å². The van der Waals surface area contributed by atoms with E-state index in [1.165, 1.54) is 12.1 Å². The molecule has 2 aliphatic heterocycles. The third-order valence-electron chi connectivity index (χ3n) is 5.31. The van der Waals surface area contributed by atoms with Gasteiger partial charge in [0.2, 0.25) is 5.91 Å². The summed E-state index contributed by atoms with van der Waals surface area (Å²) in [4.78, 5) is 30.7. The molecule has 152 valence electrons. The molecule has 1 atom stereocenters. The predicted octanol–water partition coefficient (Wildman–Crippen LogP) is 4.24. The van der Waals surface area contributed by atoms with Gasteiger partial charge < -0.3 is 4.90 Å². The fraction of sp³-hybridized carbons (Fsp3) is 0.300. The van der Waals surface area contributed by atoms with E-state index in [2.05, 4.69) is 4.90 Å². The number of nitrogens with zero attached hydrogens (tertiary/aromatic N) is 3. The van der Waals surface area contributed by atoms with Gasteiger partial charge in [-0.25, -0.2) is 9.29 Å². The number of benzene rings is 2. The molecule has 4 rings (SSSR count). The maximum atomic E-state index is 13.4. The lowest BCUT2D eigenvalue weighted by atomic mass is 10.1. The molecule has 2 saturated heterocycles. The normalized spacial score (nSPS) is 20.6. The summed E-state index contributed by atoms with van der Waals surface area (Å²) in [5.41, 5.74) is 1.26. The Morgan fingerprint density at radius 3 is 2.14 bits per heavy atom. The largest absolute Gasteiger partial charge is 0.369 e. The maximum Gasteiger partial charge on any atom is 0.251 e. The summed E-state index contributed by atoms with van der Waals surface area (Å²) in [6.45, 7) is 2.64. The van der Waals surface area contributed by atoms with Crippen molar-refractivity contribution in [1.29, 1.82) is 0 Å². The minimum absolute atomic E-state index is 0.0978. The Morgan fingerprint density at radius 1 is 0.828 bits per heavy atom. The van der Waals surface area contributed by atoms with Crippen LogP contribution in [-0.4, -0.2) is 48.9 Å². The summed E-state index contributed by atoms with van der Waals surface area (Å²) in [5.74, 6) is -1.21. The number of imide groups is 1. The smallest absolute Gasteiger partial charge is 0.251 e. The lowest BCUT2D eigenvalue weighted by molar-refractivity contribution is -0.123. The molecular weight excluding hydrogens is 440 g/mol. The fourth-order valence-electron chi connectivity index (χ4n) is 3.77. The van der Waals surface area contributed by atoms with Crippen LogP contribution in [0.25, 0.3) is 0 Å². The number of carbonyl (C=O) groups is 2. The van der Waals surface area contributed by atoms with Crippen LogP contribution in [0.2, 0.25) is 15.1 Å². The third-order valence-corrected chi connectivity index (χ3v) is 6.34. The average Bonchev–Trinajstić information content (AvgIpc) is 3.00. The van der Waals surface area contributed by atoms with Gasteiger partial charge in [0.1, 0.15) is 5.82 Å². The van der Waals surface area contributed by atoms with Gasteiger partial charge in [-0.1, -0.05) is 34.8 Å². The van der Waals surface area contributed by atoms with Crippen LogP contribution in [0.3, 0.4) is 0 Å². The monoisotopic (exact) mass is 455 g/mol. The molecule has 0 aromatic heterocycles. The zero-order valence-corrected chi connectivity index (χ0v) is 17.5. The number of piperazine rings is 1. The molecule has 9 heteroatoms. The van der Waals surface area contributed by atoms with Crippen molar-refractivity contribution in [2.24, 2.45) is 0 Å². The summed E-state index contributed by atoms with van der Waals surface area (Å²) in [7, 11) is 0. The molecule has 2 fully saturated rings. The average molecular weight is 457 g/mol. The number of halogens is 4. The quantitative estimate of drug-likeness (QED) is 0.648. The Hall–Kier alpha value is -1.86.